The van der Waals surface area contributed by atoms with Crippen molar-refractivity contribution in [2.45, 2.75) is 72.4 Å². The SMILES string of the molecule is CC[C@H](C(=O)NCC(C)C)N(Cc1ccccc1C)C(=O)CN(c1ccc(C)c(C)c1)S(=O)(=O)c1ccc(C)cc1. The van der Waals surface area contributed by atoms with E-state index in [0.717, 1.165) is 32.1 Å². The Morgan fingerprint density at radius 1 is 0.854 bits per heavy atom. The largest absolute Gasteiger partial charge is 0.354 e. The van der Waals surface area contributed by atoms with Crippen LogP contribution in [0.4, 0.5) is 5.69 Å². The van der Waals surface area contributed by atoms with Crippen molar-refractivity contribution >= 4 is 27.5 Å². The predicted octanol–water partition coefficient (Wildman–Crippen LogP) is 5.70. The molecule has 0 aliphatic heterocycles. The molecular weight excluding hydrogens is 534 g/mol. The molecule has 0 bridgehead atoms. The molecule has 0 unspecified atom stereocenters. The first-order valence-corrected chi connectivity index (χ1v) is 15.6. The molecule has 3 aromatic rings. The van der Waals surface area contributed by atoms with Crippen LogP contribution in [-0.4, -0.2) is 44.3 Å². The first-order chi connectivity index (χ1) is 19.3. The van der Waals surface area contributed by atoms with Crippen LogP contribution in [0.15, 0.2) is 71.6 Å². The summed E-state index contributed by atoms with van der Waals surface area (Å²) < 4.78 is 29.2. The molecule has 0 aromatic heterocycles. The molecule has 8 heteroatoms. The summed E-state index contributed by atoms with van der Waals surface area (Å²) in [4.78, 5) is 29.2. The molecule has 220 valence electrons. The number of amides is 2. The highest BCUT2D eigenvalue weighted by molar-refractivity contribution is 7.92. The molecule has 0 heterocycles. The van der Waals surface area contributed by atoms with Gasteiger partial charge in [0.1, 0.15) is 12.6 Å². The first-order valence-electron chi connectivity index (χ1n) is 14.1. The molecule has 3 aromatic carbocycles. The van der Waals surface area contributed by atoms with E-state index in [0.29, 0.717) is 18.7 Å². The van der Waals surface area contributed by atoms with E-state index in [1.807, 2.05) is 78.8 Å². The summed E-state index contributed by atoms with van der Waals surface area (Å²) in [6, 6.07) is 18.9. The van der Waals surface area contributed by atoms with Crippen LogP contribution in [0, 0.1) is 33.6 Å². The van der Waals surface area contributed by atoms with Crippen LogP contribution in [0.3, 0.4) is 0 Å². The van der Waals surface area contributed by atoms with Crippen molar-refractivity contribution in [3.63, 3.8) is 0 Å². The average Bonchev–Trinajstić information content (AvgIpc) is 2.93. The molecule has 41 heavy (non-hydrogen) atoms. The molecular formula is C33H43N3O4S. The van der Waals surface area contributed by atoms with Crippen molar-refractivity contribution in [3.05, 3.63) is 94.5 Å². The zero-order valence-electron chi connectivity index (χ0n) is 25.3. The number of nitrogens with one attached hydrogen (secondary N) is 1. The van der Waals surface area contributed by atoms with E-state index in [1.54, 1.807) is 36.4 Å². The van der Waals surface area contributed by atoms with Gasteiger partial charge in [0, 0.05) is 13.1 Å². The Hall–Kier alpha value is -3.65. The fraction of sp³-hybridized carbons (Fsp3) is 0.394. The number of carbonyl (C=O) groups excluding carboxylic acids is 2. The van der Waals surface area contributed by atoms with E-state index in [9.17, 15) is 18.0 Å². The number of nitrogens with zero attached hydrogens (tertiary/aromatic N) is 2. The van der Waals surface area contributed by atoms with E-state index in [1.165, 1.54) is 4.90 Å². The lowest BCUT2D eigenvalue weighted by atomic mass is 10.1. The Morgan fingerprint density at radius 3 is 2.10 bits per heavy atom. The molecule has 0 aliphatic rings. The summed E-state index contributed by atoms with van der Waals surface area (Å²) in [5, 5.41) is 2.96. The second kappa shape index (κ2) is 13.8. The van der Waals surface area contributed by atoms with Gasteiger partial charge >= 0.3 is 0 Å². The van der Waals surface area contributed by atoms with Gasteiger partial charge in [-0.1, -0.05) is 68.8 Å². The van der Waals surface area contributed by atoms with E-state index in [2.05, 4.69) is 5.32 Å². The third-order valence-electron chi connectivity index (χ3n) is 7.34. The van der Waals surface area contributed by atoms with Crippen LogP contribution in [0.2, 0.25) is 0 Å². The smallest absolute Gasteiger partial charge is 0.264 e. The second-order valence-corrected chi connectivity index (χ2v) is 13.0. The third-order valence-corrected chi connectivity index (χ3v) is 9.13. The molecule has 1 atom stereocenters. The maximum atomic E-state index is 14.2. The van der Waals surface area contributed by atoms with Crippen LogP contribution in [0.5, 0.6) is 0 Å². The fourth-order valence-electron chi connectivity index (χ4n) is 4.56. The topological polar surface area (TPSA) is 86.8 Å². The molecule has 1 N–H and O–H groups in total. The molecule has 0 fully saturated rings. The molecule has 7 nitrogen and oxygen atoms in total. The van der Waals surface area contributed by atoms with Crippen molar-refractivity contribution in [3.8, 4) is 0 Å². The highest BCUT2D eigenvalue weighted by Crippen LogP contribution is 2.27. The van der Waals surface area contributed by atoms with E-state index in [-0.39, 0.29) is 23.3 Å². The van der Waals surface area contributed by atoms with Gasteiger partial charge in [0.2, 0.25) is 11.8 Å². The van der Waals surface area contributed by atoms with Crippen molar-refractivity contribution in [1.29, 1.82) is 0 Å². The Balaban J connectivity index is 2.08. The van der Waals surface area contributed by atoms with Crippen LogP contribution in [-0.2, 0) is 26.2 Å². The zero-order chi connectivity index (χ0) is 30.3. The molecule has 0 saturated carbocycles. The summed E-state index contributed by atoms with van der Waals surface area (Å²) in [6.45, 7) is 13.8. The quantitative estimate of drug-likeness (QED) is 0.299. The third kappa shape index (κ3) is 7.97. The predicted molar refractivity (Wildman–Crippen MR) is 165 cm³/mol. The lowest BCUT2D eigenvalue weighted by molar-refractivity contribution is -0.140. The van der Waals surface area contributed by atoms with E-state index < -0.39 is 28.5 Å². The highest BCUT2D eigenvalue weighted by atomic mass is 32.2. The first kappa shape index (κ1) is 31.9. The van der Waals surface area contributed by atoms with Crippen LogP contribution in [0.25, 0.3) is 0 Å². The highest BCUT2D eigenvalue weighted by Gasteiger charge is 2.34. The number of hydrogen-bond acceptors (Lipinski definition) is 4. The van der Waals surface area contributed by atoms with Gasteiger partial charge in [-0.05, 0) is 86.6 Å². The van der Waals surface area contributed by atoms with Gasteiger partial charge in [-0.3, -0.25) is 13.9 Å². The van der Waals surface area contributed by atoms with E-state index in [4.69, 9.17) is 0 Å². The Kier molecular flexibility index (Phi) is 10.7. The van der Waals surface area contributed by atoms with Crippen molar-refractivity contribution in [1.82, 2.24) is 10.2 Å². The van der Waals surface area contributed by atoms with Gasteiger partial charge in [-0.2, -0.15) is 0 Å². The van der Waals surface area contributed by atoms with Crippen LogP contribution < -0.4 is 9.62 Å². The number of anilines is 1. The minimum Gasteiger partial charge on any atom is -0.354 e. The number of benzene rings is 3. The maximum Gasteiger partial charge on any atom is 0.264 e. The summed E-state index contributed by atoms with van der Waals surface area (Å²) in [7, 11) is -4.10. The van der Waals surface area contributed by atoms with E-state index >= 15 is 0 Å². The Bertz CT molecular complexity index is 1470. The number of hydrogen-bond donors (Lipinski definition) is 1. The Morgan fingerprint density at radius 2 is 1.51 bits per heavy atom. The summed E-state index contributed by atoms with van der Waals surface area (Å²) >= 11 is 0. The van der Waals surface area contributed by atoms with Crippen molar-refractivity contribution in [2.24, 2.45) is 5.92 Å². The number of sulfonamides is 1. The lowest BCUT2D eigenvalue weighted by Gasteiger charge is -2.33. The van der Waals surface area contributed by atoms with Crippen molar-refractivity contribution < 1.29 is 18.0 Å². The normalized spacial score (nSPS) is 12.2. The zero-order valence-corrected chi connectivity index (χ0v) is 26.1. The summed E-state index contributed by atoms with van der Waals surface area (Å²) in [6.07, 6.45) is 0.385. The van der Waals surface area contributed by atoms with Gasteiger partial charge < -0.3 is 10.2 Å². The standard InChI is InChI=1S/C33H43N3O4S/c1-8-31(33(38)34-20-23(2)3)35(21-28-12-10-9-11-26(28)6)32(37)22-36(29-16-15-25(5)27(7)19-29)41(39,40)30-17-13-24(4)14-18-30/h9-19,23,31H,8,20-22H2,1-7H3,(H,34,38)/t31-/m1/s1. The van der Waals surface area contributed by atoms with Crippen LogP contribution >= 0.6 is 0 Å². The fourth-order valence-corrected chi connectivity index (χ4v) is 5.97. The second-order valence-electron chi connectivity index (χ2n) is 11.1. The molecule has 3 rings (SSSR count). The minimum absolute atomic E-state index is 0.0984. The van der Waals surface area contributed by atoms with Gasteiger partial charge in [0.15, 0.2) is 0 Å². The van der Waals surface area contributed by atoms with Gasteiger partial charge in [-0.15, -0.1) is 0 Å². The number of aryl methyl sites for hydroxylation is 4. The van der Waals surface area contributed by atoms with Gasteiger partial charge in [0.05, 0.1) is 10.6 Å². The van der Waals surface area contributed by atoms with Gasteiger partial charge in [0.25, 0.3) is 10.0 Å². The Labute approximate surface area is 245 Å². The van der Waals surface area contributed by atoms with Gasteiger partial charge in [-0.25, -0.2) is 8.42 Å². The number of carbonyl (C=O) groups is 2. The monoisotopic (exact) mass is 577 g/mol. The maximum absolute atomic E-state index is 14.2. The summed E-state index contributed by atoms with van der Waals surface area (Å²) in [5.74, 6) is -0.451. The number of rotatable bonds is 12. The molecule has 0 spiro atoms. The average molecular weight is 578 g/mol. The molecule has 2 amide bonds. The minimum atomic E-state index is -4.10. The molecule has 0 aliphatic carbocycles. The molecule has 0 radical (unpaired) electrons. The van der Waals surface area contributed by atoms with Crippen LogP contribution in [0.1, 0.15) is 55.0 Å². The van der Waals surface area contributed by atoms with Crippen molar-refractivity contribution in [2.75, 3.05) is 17.4 Å². The summed E-state index contributed by atoms with van der Waals surface area (Å²) in [5.41, 5.74) is 5.14. The lowest BCUT2D eigenvalue weighted by Crippen LogP contribution is -2.52. The molecule has 0 saturated heterocycles.